The zero-order valence-corrected chi connectivity index (χ0v) is 37.1. The van der Waals surface area contributed by atoms with Gasteiger partial charge in [-0.25, -0.2) is 15.0 Å². The lowest BCUT2D eigenvalue weighted by molar-refractivity contribution is 0.559. The number of rotatable bonds is 5. The van der Waals surface area contributed by atoms with E-state index in [0.29, 0.717) is 17.5 Å². The fraction of sp³-hybridized carbons (Fsp3) is 0.211. The van der Waals surface area contributed by atoms with E-state index in [1.54, 1.807) is 0 Å². The Balaban J connectivity index is 1.12. The van der Waals surface area contributed by atoms with Crippen molar-refractivity contribution in [3.8, 4) is 51.0 Å². The van der Waals surface area contributed by atoms with Crippen LogP contribution in [0.3, 0.4) is 0 Å². The van der Waals surface area contributed by atoms with Crippen molar-refractivity contribution in [1.82, 2.24) is 19.5 Å². The Morgan fingerprint density at radius 2 is 0.887 bits per heavy atom. The first-order valence-electron chi connectivity index (χ1n) is 21.7. The molecule has 62 heavy (non-hydrogen) atoms. The molecule has 0 saturated heterocycles. The number of benzene rings is 7. The van der Waals surface area contributed by atoms with Crippen molar-refractivity contribution in [1.29, 1.82) is 0 Å². The van der Waals surface area contributed by atoms with Crippen LogP contribution in [0.25, 0.3) is 94.7 Å². The van der Waals surface area contributed by atoms with Gasteiger partial charge in [0.15, 0.2) is 17.5 Å². The molecule has 0 fully saturated rings. The molecule has 0 bridgehead atoms. The van der Waals surface area contributed by atoms with E-state index in [1.807, 2.05) is 18.2 Å². The maximum Gasteiger partial charge on any atom is 0.164 e. The predicted molar refractivity (Wildman–Crippen MR) is 259 cm³/mol. The van der Waals surface area contributed by atoms with Gasteiger partial charge in [0.25, 0.3) is 0 Å². The third-order valence-corrected chi connectivity index (χ3v) is 12.3. The van der Waals surface area contributed by atoms with Gasteiger partial charge >= 0.3 is 0 Å². The molecule has 3 heterocycles. The second-order valence-corrected chi connectivity index (χ2v) is 19.8. The number of hydrogen-bond acceptors (Lipinski definition) is 4. The summed E-state index contributed by atoms with van der Waals surface area (Å²) in [7, 11) is 0. The Labute approximate surface area is 364 Å². The summed E-state index contributed by atoms with van der Waals surface area (Å²) in [5.41, 5.74) is 13.9. The number of para-hydroxylation sites is 2. The molecule has 0 saturated carbocycles. The highest BCUT2D eigenvalue weighted by Gasteiger charge is 2.28. The topological polar surface area (TPSA) is 56.7 Å². The van der Waals surface area contributed by atoms with Crippen LogP contribution in [0.5, 0.6) is 0 Å². The molecule has 3 aromatic heterocycles. The molecule has 0 amide bonds. The van der Waals surface area contributed by atoms with Crippen LogP contribution in [0.15, 0.2) is 156 Å². The highest BCUT2D eigenvalue weighted by Crippen LogP contribution is 2.45. The van der Waals surface area contributed by atoms with Crippen LogP contribution in [0.2, 0.25) is 0 Å². The minimum Gasteiger partial charge on any atom is -0.455 e. The number of fused-ring (bicyclic) bond motifs is 6. The molecule has 0 N–H and O–H groups in total. The first-order chi connectivity index (χ1) is 29.6. The van der Waals surface area contributed by atoms with Crippen molar-refractivity contribution in [2.45, 2.75) is 78.6 Å². The summed E-state index contributed by atoms with van der Waals surface area (Å²) in [5.74, 6) is 1.88. The molecule has 5 nitrogen and oxygen atoms in total. The standard InChI is InChI=1S/C57H52N4O/c1-55(2,3)39-31-43(50-45(32-39)46-33-40(56(4,5)6)34-47(51(46)62-50)57(7,8)9)35-24-26-37(27-25-35)53-58-52(36-18-12-10-13-19-36)59-54(60-53)38-28-29-49-44(30-38)42-22-16-17-23-48(42)61(49)41-20-14-11-15-21-41/h10-34H,1-9H3. The zero-order valence-electron chi connectivity index (χ0n) is 37.1. The first-order valence-corrected chi connectivity index (χ1v) is 21.7. The fourth-order valence-corrected chi connectivity index (χ4v) is 8.73. The highest BCUT2D eigenvalue weighted by molar-refractivity contribution is 6.12. The van der Waals surface area contributed by atoms with Crippen LogP contribution in [0.1, 0.15) is 79.0 Å². The summed E-state index contributed by atoms with van der Waals surface area (Å²) in [4.78, 5) is 15.4. The van der Waals surface area contributed by atoms with E-state index in [-0.39, 0.29) is 16.2 Å². The molecule has 0 spiro atoms. The number of hydrogen-bond donors (Lipinski definition) is 0. The van der Waals surface area contributed by atoms with E-state index < -0.39 is 0 Å². The number of nitrogens with zero attached hydrogens (tertiary/aromatic N) is 4. The number of aromatic nitrogens is 4. The van der Waals surface area contributed by atoms with Crippen LogP contribution < -0.4 is 0 Å². The third kappa shape index (κ3) is 6.86. The lowest BCUT2D eigenvalue weighted by Gasteiger charge is -2.25. The molecule has 10 rings (SSSR count). The SMILES string of the molecule is CC(C)(C)c1cc(-c2ccc(-c3nc(-c4ccccc4)nc(-c4ccc5c(c4)c4ccccc4n5-c4ccccc4)n3)cc2)c2oc3c(C(C)(C)C)cc(C(C)(C)C)cc3c2c1. The normalized spacial score (nSPS) is 12.6. The lowest BCUT2D eigenvalue weighted by Crippen LogP contribution is -2.16. The molecule has 0 atom stereocenters. The van der Waals surface area contributed by atoms with Crippen LogP contribution in [0, 0.1) is 0 Å². The molecule has 0 aliphatic rings. The minimum absolute atomic E-state index is 0.0110. The summed E-state index contributed by atoms with van der Waals surface area (Å²) in [6.45, 7) is 20.6. The van der Waals surface area contributed by atoms with Crippen LogP contribution >= 0.6 is 0 Å². The highest BCUT2D eigenvalue weighted by atomic mass is 16.3. The van der Waals surface area contributed by atoms with Crippen molar-refractivity contribution in [2.75, 3.05) is 0 Å². The first kappa shape index (κ1) is 39.3. The number of furan rings is 1. The summed E-state index contributed by atoms with van der Waals surface area (Å²) >= 11 is 0. The average Bonchev–Trinajstić information content (AvgIpc) is 3.81. The van der Waals surface area contributed by atoms with Crippen LogP contribution in [-0.2, 0) is 16.2 Å². The molecular formula is C57H52N4O. The average molecular weight is 809 g/mol. The molecule has 0 aliphatic heterocycles. The van der Waals surface area contributed by atoms with Gasteiger partial charge in [-0.2, -0.15) is 0 Å². The molecule has 10 aromatic rings. The summed E-state index contributed by atoms with van der Waals surface area (Å²) in [6, 6.07) is 53.9. The lowest BCUT2D eigenvalue weighted by atomic mass is 9.79. The Morgan fingerprint density at radius 3 is 1.52 bits per heavy atom. The van der Waals surface area contributed by atoms with Gasteiger partial charge in [0.2, 0.25) is 0 Å². The van der Waals surface area contributed by atoms with Crippen molar-refractivity contribution >= 4 is 43.7 Å². The van der Waals surface area contributed by atoms with Gasteiger partial charge in [0.1, 0.15) is 11.2 Å². The van der Waals surface area contributed by atoms with Crippen molar-refractivity contribution in [2.24, 2.45) is 0 Å². The largest absolute Gasteiger partial charge is 0.455 e. The van der Waals surface area contributed by atoms with Crippen molar-refractivity contribution in [3.63, 3.8) is 0 Å². The fourth-order valence-electron chi connectivity index (χ4n) is 8.73. The van der Waals surface area contributed by atoms with E-state index >= 15 is 0 Å². The second kappa shape index (κ2) is 14.4. The van der Waals surface area contributed by atoms with Gasteiger partial charge in [-0.1, -0.05) is 159 Å². The van der Waals surface area contributed by atoms with Gasteiger partial charge in [-0.3, -0.25) is 0 Å². The molecule has 0 unspecified atom stereocenters. The Hall–Kier alpha value is -6.85. The Kier molecular flexibility index (Phi) is 9.11. The van der Waals surface area contributed by atoms with E-state index in [1.165, 1.54) is 27.5 Å². The zero-order chi connectivity index (χ0) is 43.1. The van der Waals surface area contributed by atoms with Gasteiger partial charge in [-0.05, 0) is 87.5 Å². The third-order valence-electron chi connectivity index (χ3n) is 12.3. The van der Waals surface area contributed by atoms with Gasteiger partial charge in [0, 0.05) is 55.0 Å². The summed E-state index contributed by atoms with van der Waals surface area (Å²) in [6.07, 6.45) is 0. The minimum atomic E-state index is -0.100. The summed E-state index contributed by atoms with van der Waals surface area (Å²) < 4.78 is 9.35. The van der Waals surface area contributed by atoms with Crippen molar-refractivity contribution < 1.29 is 4.42 Å². The Morgan fingerprint density at radius 1 is 0.387 bits per heavy atom. The van der Waals surface area contributed by atoms with E-state index in [2.05, 4.69) is 200 Å². The molecule has 5 heteroatoms. The smallest absolute Gasteiger partial charge is 0.164 e. The van der Waals surface area contributed by atoms with Gasteiger partial charge in [-0.15, -0.1) is 0 Å². The maximum atomic E-state index is 7.02. The van der Waals surface area contributed by atoms with E-state index in [0.717, 1.165) is 66.5 Å². The molecular weight excluding hydrogens is 757 g/mol. The maximum absolute atomic E-state index is 7.02. The quantitative estimate of drug-likeness (QED) is 0.174. The van der Waals surface area contributed by atoms with E-state index in [9.17, 15) is 0 Å². The molecule has 7 aromatic carbocycles. The van der Waals surface area contributed by atoms with Crippen LogP contribution in [0.4, 0.5) is 0 Å². The van der Waals surface area contributed by atoms with Crippen LogP contribution in [-0.4, -0.2) is 19.5 Å². The molecule has 0 aliphatic carbocycles. The predicted octanol–water partition coefficient (Wildman–Crippen LogP) is 15.4. The molecule has 0 radical (unpaired) electrons. The van der Waals surface area contributed by atoms with Gasteiger partial charge < -0.3 is 8.98 Å². The van der Waals surface area contributed by atoms with Crippen molar-refractivity contribution in [3.05, 3.63) is 168 Å². The second-order valence-electron chi connectivity index (χ2n) is 19.8. The Bertz CT molecular complexity index is 3320. The molecule has 306 valence electrons. The summed E-state index contributed by atoms with van der Waals surface area (Å²) in [5, 5.41) is 4.66. The van der Waals surface area contributed by atoms with Gasteiger partial charge in [0.05, 0.1) is 11.0 Å². The van der Waals surface area contributed by atoms with E-state index in [4.69, 9.17) is 19.4 Å². The monoisotopic (exact) mass is 808 g/mol.